The smallest absolute Gasteiger partial charge is 0.311 e. The van der Waals surface area contributed by atoms with Crippen molar-refractivity contribution in [2.75, 3.05) is 0 Å². The molecule has 0 aliphatic heterocycles. The van der Waals surface area contributed by atoms with Gasteiger partial charge in [0, 0.05) is 23.3 Å². The van der Waals surface area contributed by atoms with Gasteiger partial charge in [0.25, 0.3) is 5.69 Å². The van der Waals surface area contributed by atoms with E-state index in [4.69, 9.17) is 0 Å². The van der Waals surface area contributed by atoms with Gasteiger partial charge in [-0.15, -0.1) is 0 Å². The maximum Gasteiger partial charge on any atom is 0.311 e. The zero-order valence-electron chi connectivity index (χ0n) is 12.7. The van der Waals surface area contributed by atoms with Gasteiger partial charge in [-0.25, -0.2) is 5.43 Å². The number of rotatable bonds is 6. The molecule has 0 radical (unpaired) electrons. The third-order valence-electron chi connectivity index (χ3n) is 3.17. The Kier molecular flexibility index (Phi) is 5.36. The highest BCUT2D eigenvalue weighted by molar-refractivity contribution is 5.87. The molecule has 0 aromatic heterocycles. The van der Waals surface area contributed by atoms with Crippen molar-refractivity contribution in [3.8, 4) is 5.75 Å². The first-order chi connectivity index (χ1) is 11.9. The van der Waals surface area contributed by atoms with Crippen molar-refractivity contribution in [1.82, 2.24) is 5.43 Å². The SMILES string of the molecule is O=C(Cc1ccccc1[N+](=O)[O-])N/N=C/c1cccc([N+](=O)[O-])c1O. The van der Waals surface area contributed by atoms with Crippen LogP contribution in [0.25, 0.3) is 0 Å². The van der Waals surface area contributed by atoms with E-state index in [2.05, 4.69) is 10.5 Å². The quantitative estimate of drug-likeness (QED) is 0.464. The van der Waals surface area contributed by atoms with Crippen LogP contribution in [0.2, 0.25) is 0 Å². The molecular weight excluding hydrogens is 332 g/mol. The summed E-state index contributed by atoms with van der Waals surface area (Å²) >= 11 is 0. The van der Waals surface area contributed by atoms with Crippen LogP contribution in [0.4, 0.5) is 11.4 Å². The van der Waals surface area contributed by atoms with Crippen LogP contribution in [0.5, 0.6) is 5.75 Å². The standard InChI is InChI=1S/C15H12N4O6/c20-14(8-10-4-1-2-6-12(10)18(22)23)17-16-9-11-5-3-7-13(15(11)21)19(24)25/h1-7,9,21H,8H2,(H,17,20)/b16-9+. The lowest BCUT2D eigenvalue weighted by Gasteiger charge is -2.02. The van der Waals surface area contributed by atoms with Gasteiger partial charge in [-0.1, -0.05) is 24.3 Å². The van der Waals surface area contributed by atoms with Crippen LogP contribution in [0.3, 0.4) is 0 Å². The number of hydrogen-bond donors (Lipinski definition) is 2. The summed E-state index contributed by atoms with van der Waals surface area (Å²) in [7, 11) is 0. The molecule has 0 atom stereocenters. The van der Waals surface area contributed by atoms with Crippen molar-refractivity contribution < 1.29 is 19.7 Å². The number of phenolic OH excluding ortho intramolecular Hbond substituents is 1. The summed E-state index contributed by atoms with van der Waals surface area (Å²) in [5.41, 5.74) is 1.74. The van der Waals surface area contributed by atoms with E-state index < -0.39 is 27.2 Å². The number of phenols is 1. The summed E-state index contributed by atoms with van der Waals surface area (Å²) < 4.78 is 0. The van der Waals surface area contributed by atoms with Crippen LogP contribution < -0.4 is 5.43 Å². The highest BCUT2D eigenvalue weighted by Crippen LogP contribution is 2.27. The van der Waals surface area contributed by atoms with Crippen LogP contribution in [-0.4, -0.2) is 27.1 Å². The van der Waals surface area contributed by atoms with E-state index in [-0.39, 0.29) is 23.2 Å². The average molecular weight is 344 g/mol. The molecule has 1 amide bonds. The zero-order valence-corrected chi connectivity index (χ0v) is 12.7. The lowest BCUT2D eigenvalue weighted by Crippen LogP contribution is -2.20. The van der Waals surface area contributed by atoms with E-state index >= 15 is 0 Å². The van der Waals surface area contributed by atoms with Crippen molar-refractivity contribution in [3.05, 3.63) is 73.8 Å². The lowest BCUT2D eigenvalue weighted by atomic mass is 10.1. The number of nitrogens with one attached hydrogen (secondary N) is 1. The Labute approximate surface area is 140 Å². The highest BCUT2D eigenvalue weighted by atomic mass is 16.6. The fourth-order valence-electron chi connectivity index (χ4n) is 2.02. The zero-order chi connectivity index (χ0) is 18.4. The predicted octanol–water partition coefficient (Wildman–Crippen LogP) is 1.90. The Bertz CT molecular complexity index is 865. The molecule has 0 unspecified atom stereocenters. The molecule has 0 saturated carbocycles. The number of para-hydroxylation sites is 2. The third kappa shape index (κ3) is 4.34. The van der Waals surface area contributed by atoms with Crippen molar-refractivity contribution in [2.45, 2.75) is 6.42 Å². The van der Waals surface area contributed by atoms with Crippen molar-refractivity contribution >= 4 is 23.5 Å². The molecule has 10 nitrogen and oxygen atoms in total. The molecular formula is C15H12N4O6. The van der Waals surface area contributed by atoms with Crippen molar-refractivity contribution in [1.29, 1.82) is 0 Å². The second kappa shape index (κ2) is 7.64. The Balaban J connectivity index is 2.06. The fourth-order valence-corrected chi connectivity index (χ4v) is 2.02. The molecule has 10 heteroatoms. The molecule has 2 N–H and O–H groups in total. The number of aromatic hydroxyl groups is 1. The van der Waals surface area contributed by atoms with E-state index in [9.17, 15) is 30.1 Å². The van der Waals surface area contributed by atoms with Gasteiger partial charge in [0.05, 0.1) is 22.5 Å². The largest absolute Gasteiger partial charge is 0.502 e. The number of carbonyl (C=O) groups is 1. The molecule has 0 saturated heterocycles. The first kappa shape index (κ1) is 17.5. The Morgan fingerprint density at radius 2 is 1.72 bits per heavy atom. The maximum absolute atomic E-state index is 11.8. The van der Waals surface area contributed by atoms with Crippen LogP contribution in [0.1, 0.15) is 11.1 Å². The third-order valence-corrected chi connectivity index (χ3v) is 3.17. The number of carbonyl (C=O) groups excluding carboxylic acids is 1. The summed E-state index contributed by atoms with van der Waals surface area (Å²) in [5, 5.41) is 34.9. The lowest BCUT2D eigenvalue weighted by molar-refractivity contribution is -0.385. The van der Waals surface area contributed by atoms with E-state index in [0.717, 1.165) is 12.3 Å². The monoisotopic (exact) mass is 344 g/mol. The minimum Gasteiger partial charge on any atom is -0.502 e. The van der Waals surface area contributed by atoms with Gasteiger partial charge in [0.15, 0.2) is 0 Å². The minimum absolute atomic E-state index is 0.0418. The van der Waals surface area contributed by atoms with E-state index in [1.54, 1.807) is 6.07 Å². The van der Waals surface area contributed by atoms with Gasteiger partial charge in [0.1, 0.15) is 0 Å². The number of nitrogens with zero attached hydrogens (tertiary/aromatic N) is 3. The average Bonchev–Trinajstić information content (AvgIpc) is 2.56. The molecule has 0 heterocycles. The molecule has 128 valence electrons. The summed E-state index contributed by atoms with van der Waals surface area (Å²) in [5.74, 6) is -1.19. The van der Waals surface area contributed by atoms with Crippen LogP contribution in [-0.2, 0) is 11.2 Å². The van der Waals surface area contributed by atoms with Crippen LogP contribution >= 0.6 is 0 Å². The van der Waals surface area contributed by atoms with Gasteiger partial charge in [-0.05, 0) is 6.07 Å². The van der Waals surface area contributed by atoms with Gasteiger partial charge in [0.2, 0.25) is 11.7 Å². The van der Waals surface area contributed by atoms with Gasteiger partial charge < -0.3 is 5.11 Å². The van der Waals surface area contributed by atoms with Gasteiger partial charge in [-0.2, -0.15) is 5.10 Å². The number of nitro benzene ring substituents is 2. The number of nitro groups is 2. The van der Waals surface area contributed by atoms with E-state index in [1.165, 1.54) is 30.3 Å². The van der Waals surface area contributed by atoms with Crippen molar-refractivity contribution in [3.63, 3.8) is 0 Å². The van der Waals surface area contributed by atoms with Crippen LogP contribution in [0, 0.1) is 20.2 Å². The molecule has 2 rings (SSSR count). The Morgan fingerprint density at radius 3 is 2.40 bits per heavy atom. The number of amides is 1. The number of benzene rings is 2. The van der Waals surface area contributed by atoms with E-state index in [1.807, 2.05) is 0 Å². The second-order valence-electron chi connectivity index (χ2n) is 4.83. The number of hydrogen-bond acceptors (Lipinski definition) is 7. The first-order valence-corrected chi connectivity index (χ1v) is 6.90. The predicted molar refractivity (Wildman–Crippen MR) is 87.3 cm³/mol. The molecule has 0 spiro atoms. The molecule has 0 bridgehead atoms. The van der Waals surface area contributed by atoms with E-state index in [0.29, 0.717) is 0 Å². The summed E-state index contributed by atoms with van der Waals surface area (Å²) in [6, 6.07) is 9.65. The molecule has 0 aliphatic carbocycles. The maximum atomic E-state index is 11.8. The normalized spacial score (nSPS) is 10.6. The Morgan fingerprint density at radius 1 is 1.08 bits per heavy atom. The molecule has 0 aliphatic rings. The summed E-state index contributed by atoms with van der Waals surface area (Å²) in [4.78, 5) is 32.1. The summed E-state index contributed by atoms with van der Waals surface area (Å²) in [6.07, 6.45) is 0.773. The highest BCUT2D eigenvalue weighted by Gasteiger charge is 2.16. The minimum atomic E-state index is -0.750. The second-order valence-corrected chi connectivity index (χ2v) is 4.83. The Hall–Kier alpha value is -3.82. The van der Waals surface area contributed by atoms with Crippen LogP contribution in [0.15, 0.2) is 47.6 Å². The fraction of sp³-hybridized carbons (Fsp3) is 0.0667. The molecule has 2 aromatic rings. The topological polar surface area (TPSA) is 148 Å². The molecule has 2 aromatic carbocycles. The number of hydrazone groups is 1. The van der Waals surface area contributed by atoms with Gasteiger partial charge in [-0.3, -0.25) is 25.0 Å². The molecule has 25 heavy (non-hydrogen) atoms. The summed E-state index contributed by atoms with van der Waals surface area (Å²) in [6.45, 7) is 0. The first-order valence-electron chi connectivity index (χ1n) is 6.90. The molecule has 0 fully saturated rings. The van der Waals surface area contributed by atoms with Gasteiger partial charge >= 0.3 is 5.69 Å². The van der Waals surface area contributed by atoms with Crippen molar-refractivity contribution in [2.24, 2.45) is 5.10 Å².